The largest absolute Gasteiger partial charge is 0.508 e. The van der Waals surface area contributed by atoms with Crippen molar-refractivity contribution in [2.75, 3.05) is 19.6 Å². The number of fused-ring (bicyclic) bond motifs is 1. The quantitative estimate of drug-likeness (QED) is 0.461. The van der Waals surface area contributed by atoms with Crippen molar-refractivity contribution >= 4 is 17.7 Å². The molecule has 4 N–H and O–H groups in total. The van der Waals surface area contributed by atoms with Gasteiger partial charge in [0, 0.05) is 32.6 Å². The molecule has 0 unspecified atom stereocenters. The van der Waals surface area contributed by atoms with Crippen LogP contribution in [0.3, 0.4) is 0 Å². The first-order valence-electron chi connectivity index (χ1n) is 9.34. The van der Waals surface area contributed by atoms with Gasteiger partial charge in [-0.1, -0.05) is 24.3 Å². The van der Waals surface area contributed by atoms with E-state index in [-0.39, 0.29) is 37.7 Å². The number of hydrogen-bond donors (Lipinski definition) is 4. The highest BCUT2D eigenvalue weighted by Gasteiger charge is 2.34. The highest BCUT2D eigenvalue weighted by Crippen LogP contribution is 2.22. The molecule has 2 aromatic rings. The first-order chi connectivity index (χ1) is 14.0. The molecule has 3 rings (SSSR count). The number of carbonyl (C=O) groups excluding carboxylic acids is 3. The van der Waals surface area contributed by atoms with E-state index in [0.717, 1.165) is 10.5 Å². The maximum atomic E-state index is 12.3. The maximum absolute atomic E-state index is 12.3. The van der Waals surface area contributed by atoms with Crippen molar-refractivity contribution in [3.63, 3.8) is 0 Å². The van der Waals surface area contributed by atoms with Gasteiger partial charge >= 0.3 is 0 Å². The fourth-order valence-electron chi connectivity index (χ4n) is 3.10. The summed E-state index contributed by atoms with van der Waals surface area (Å²) in [6.07, 6.45) is -0.829. The third-order valence-electron chi connectivity index (χ3n) is 4.60. The summed E-state index contributed by atoms with van der Waals surface area (Å²) in [5.74, 6) is -0.965. The normalized spacial score (nSPS) is 14.0. The Balaban J connectivity index is 1.36. The van der Waals surface area contributed by atoms with Crippen molar-refractivity contribution < 1.29 is 24.6 Å². The summed E-state index contributed by atoms with van der Waals surface area (Å²) in [6, 6.07) is 13.4. The van der Waals surface area contributed by atoms with Crippen LogP contribution in [-0.2, 0) is 11.3 Å². The van der Waals surface area contributed by atoms with Crippen molar-refractivity contribution in [1.29, 1.82) is 0 Å². The van der Waals surface area contributed by atoms with Crippen LogP contribution in [0.25, 0.3) is 0 Å². The molecule has 8 nitrogen and oxygen atoms in total. The molecule has 0 saturated carbocycles. The van der Waals surface area contributed by atoms with Gasteiger partial charge in [0.05, 0.1) is 17.2 Å². The maximum Gasteiger partial charge on any atom is 0.261 e. The Morgan fingerprint density at radius 1 is 1.00 bits per heavy atom. The van der Waals surface area contributed by atoms with Crippen LogP contribution in [0.1, 0.15) is 32.7 Å². The van der Waals surface area contributed by atoms with Crippen molar-refractivity contribution in [3.8, 4) is 5.75 Å². The van der Waals surface area contributed by atoms with E-state index in [2.05, 4.69) is 10.6 Å². The number of aliphatic hydroxyl groups is 1. The van der Waals surface area contributed by atoms with Crippen LogP contribution in [0.4, 0.5) is 0 Å². The molecule has 0 spiro atoms. The summed E-state index contributed by atoms with van der Waals surface area (Å²) in [5, 5.41) is 25.0. The number of amides is 3. The predicted octanol–water partition coefficient (Wildman–Crippen LogP) is 0.645. The molecule has 0 aliphatic carbocycles. The van der Waals surface area contributed by atoms with E-state index < -0.39 is 17.9 Å². The van der Waals surface area contributed by atoms with Crippen LogP contribution < -0.4 is 10.6 Å². The highest BCUT2D eigenvalue weighted by molar-refractivity contribution is 6.21. The fourth-order valence-corrected chi connectivity index (χ4v) is 3.10. The number of phenols is 1. The molecule has 152 valence electrons. The van der Waals surface area contributed by atoms with Gasteiger partial charge < -0.3 is 20.8 Å². The average Bonchev–Trinajstić information content (AvgIpc) is 2.95. The zero-order valence-electron chi connectivity index (χ0n) is 15.8. The van der Waals surface area contributed by atoms with E-state index in [9.17, 15) is 24.6 Å². The number of phenolic OH excluding ortho intramolecular Hbond substituents is 1. The number of aromatic hydroxyl groups is 1. The Hall–Kier alpha value is -3.23. The van der Waals surface area contributed by atoms with Gasteiger partial charge in [-0.05, 0) is 29.8 Å². The number of rotatable bonds is 9. The lowest BCUT2D eigenvalue weighted by Gasteiger charge is -2.15. The van der Waals surface area contributed by atoms with Gasteiger partial charge in [0.1, 0.15) is 5.75 Å². The van der Waals surface area contributed by atoms with E-state index in [4.69, 9.17) is 0 Å². The molecule has 0 saturated heterocycles. The minimum atomic E-state index is -0.796. The molecule has 8 heteroatoms. The molecule has 1 aliphatic heterocycles. The van der Waals surface area contributed by atoms with Crippen LogP contribution >= 0.6 is 0 Å². The first kappa shape index (κ1) is 20.5. The van der Waals surface area contributed by atoms with E-state index in [1.807, 2.05) is 6.07 Å². The van der Waals surface area contributed by atoms with E-state index in [1.165, 1.54) is 0 Å². The van der Waals surface area contributed by atoms with Gasteiger partial charge in [0.15, 0.2) is 0 Å². The molecule has 0 aromatic heterocycles. The Morgan fingerprint density at radius 3 is 2.34 bits per heavy atom. The second-order valence-corrected chi connectivity index (χ2v) is 6.82. The lowest BCUT2D eigenvalue weighted by atomic mass is 10.1. The number of aliphatic hydroxyl groups excluding tert-OH is 1. The highest BCUT2D eigenvalue weighted by atomic mass is 16.3. The molecule has 3 amide bonds. The Labute approximate surface area is 168 Å². The predicted molar refractivity (Wildman–Crippen MR) is 105 cm³/mol. The van der Waals surface area contributed by atoms with Crippen molar-refractivity contribution in [1.82, 2.24) is 15.5 Å². The molecule has 29 heavy (non-hydrogen) atoms. The Bertz CT molecular complexity index is 880. The number of nitrogens with one attached hydrogen (secondary N) is 2. The second-order valence-electron chi connectivity index (χ2n) is 6.82. The molecular formula is C21H23N3O5. The van der Waals surface area contributed by atoms with Crippen LogP contribution in [-0.4, -0.2) is 58.6 Å². The third kappa shape index (κ3) is 5.18. The lowest BCUT2D eigenvalue weighted by molar-refractivity contribution is -0.121. The molecule has 2 aromatic carbocycles. The smallest absolute Gasteiger partial charge is 0.261 e. The summed E-state index contributed by atoms with van der Waals surface area (Å²) in [7, 11) is 0. The Morgan fingerprint density at radius 2 is 1.69 bits per heavy atom. The number of carbonyl (C=O) groups is 3. The molecule has 0 radical (unpaired) electrons. The van der Waals surface area contributed by atoms with E-state index in [0.29, 0.717) is 17.7 Å². The van der Waals surface area contributed by atoms with Gasteiger partial charge in [-0.25, -0.2) is 0 Å². The fraction of sp³-hybridized carbons (Fsp3) is 0.286. The molecule has 1 heterocycles. The summed E-state index contributed by atoms with van der Waals surface area (Å²) < 4.78 is 0. The first-order valence-corrected chi connectivity index (χ1v) is 9.34. The van der Waals surface area contributed by atoms with Crippen molar-refractivity contribution in [3.05, 3.63) is 65.2 Å². The zero-order valence-corrected chi connectivity index (χ0v) is 15.8. The second kappa shape index (κ2) is 9.31. The number of nitrogens with zero attached hydrogens (tertiary/aromatic N) is 1. The summed E-state index contributed by atoms with van der Waals surface area (Å²) in [6.45, 7) is 0.769. The topological polar surface area (TPSA) is 119 Å². The van der Waals surface area contributed by atoms with Gasteiger partial charge in [-0.15, -0.1) is 0 Å². The third-order valence-corrected chi connectivity index (χ3v) is 4.60. The molecule has 0 fully saturated rings. The molecular weight excluding hydrogens is 374 g/mol. The van der Waals surface area contributed by atoms with Crippen molar-refractivity contribution in [2.24, 2.45) is 0 Å². The van der Waals surface area contributed by atoms with Gasteiger partial charge in [0.2, 0.25) is 5.91 Å². The van der Waals surface area contributed by atoms with Crippen LogP contribution in [0, 0.1) is 0 Å². The van der Waals surface area contributed by atoms with E-state index >= 15 is 0 Å². The average molecular weight is 397 g/mol. The van der Waals surface area contributed by atoms with Crippen LogP contribution in [0.15, 0.2) is 48.5 Å². The standard InChI is InChI=1S/C21H23N3O5/c25-15-5-3-4-14(10-15)11-22-12-16(26)13-23-19(27)8-9-24-20(28)17-6-1-2-7-18(17)21(24)29/h1-7,10,16,22,25-26H,8-9,11-13H2,(H,23,27)/t16-/m1/s1. The SMILES string of the molecule is O=C(CCN1C(=O)c2ccccc2C1=O)NC[C@H](O)CNCc1cccc(O)c1. The Kier molecular flexibility index (Phi) is 6.58. The zero-order chi connectivity index (χ0) is 20.8. The van der Waals surface area contributed by atoms with Crippen LogP contribution in [0.5, 0.6) is 5.75 Å². The number of imide groups is 1. The van der Waals surface area contributed by atoms with Crippen LogP contribution in [0.2, 0.25) is 0 Å². The summed E-state index contributed by atoms with van der Waals surface area (Å²) in [4.78, 5) is 37.6. The van der Waals surface area contributed by atoms with Gasteiger partial charge in [-0.2, -0.15) is 0 Å². The minimum Gasteiger partial charge on any atom is -0.508 e. The van der Waals surface area contributed by atoms with Gasteiger partial charge in [0.25, 0.3) is 11.8 Å². The molecule has 0 bridgehead atoms. The summed E-state index contributed by atoms with van der Waals surface area (Å²) in [5.41, 5.74) is 1.58. The monoisotopic (exact) mass is 397 g/mol. The number of hydrogen-bond acceptors (Lipinski definition) is 6. The number of benzene rings is 2. The van der Waals surface area contributed by atoms with E-state index in [1.54, 1.807) is 42.5 Å². The summed E-state index contributed by atoms with van der Waals surface area (Å²) >= 11 is 0. The van der Waals surface area contributed by atoms with Gasteiger partial charge in [-0.3, -0.25) is 19.3 Å². The minimum absolute atomic E-state index is 0.00990. The van der Waals surface area contributed by atoms with Crippen molar-refractivity contribution in [2.45, 2.75) is 19.1 Å². The molecule has 1 aliphatic rings. The molecule has 1 atom stereocenters. The lowest BCUT2D eigenvalue weighted by Crippen LogP contribution is -2.39.